The monoisotopic (exact) mass is 536 g/mol. The fourth-order valence-electron chi connectivity index (χ4n) is 3.90. The number of aromatic nitrogens is 1. The molecule has 0 unspecified atom stereocenters. The van der Waals surface area contributed by atoms with E-state index in [0.29, 0.717) is 16.8 Å². The molecule has 0 bridgehead atoms. The van der Waals surface area contributed by atoms with Gasteiger partial charge in [-0.25, -0.2) is 18.2 Å². The Balaban J connectivity index is 1.72. The second-order valence-electron chi connectivity index (χ2n) is 8.68. The first kappa shape index (κ1) is 27.3. The van der Waals surface area contributed by atoms with Crippen LogP contribution in [0.15, 0.2) is 23.6 Å². The average molecular weight is 537 g/mol. The number of nitrogens with one attached hydrogen (secondary N) is 3. The van der Waals surface area contributed by atoms with Gasteiger partial charge >= 0.3 is 12.0 Å². The van der Waals surface area contributed by atoms with Crippen molar-refractivity contribution in [1.82, 2.24) is 10.3 Å². The van der Waals surface area contributed by atoms with Gasteiger partial charge in [-0.15, -0.1) is 11.3 Å². The molecule has 1 aliphatic rings. The molecule has 1 aromatic heterocycles. The lowest BCUT2D eigenvalue weighted by atomic mass is 9.93. The van der Waals surface area contributed by atoms with E-state index in [1.165, 1.54) is 5.38 Å². The number of aliphatic carboxylic acids is 1. The van der Waals surface area contributed by atoms with E-state index in [2.05, 4.69) is 20.9 Å². The van der Waals surface area contributed by atoms with E-state index in [1.807, 2.05) is 0 Å². The Morgan fingerprint density at radius 1 is 1.11 bits per heavy atom. The summed E-state index contributed by atoms with van der Waals surface area (Å²) in [5.41, 5.74) is 1.45. The summed E-state index contributed by atoms with van der Waals surface area (Å²) < 4.78 is 22.5. The van der Waals surface area contributed by atoms with E-state index >= 15 is 0 Å². The van der Waals surface area contributed by atoms with E-state index < -0.39 is 21.8 Å². The third kappa shape index (κ3) is 8.41. The minimum Gasteiger partial charge on any atom is -0.481 e. The topological polar surface area (TPSA) is 172 Å². The van der Waals surface area contributed by atoms with Crippen LogP contribution in [0.4, 0.5) is 15.6 Å². The van der Waals surface area contributed by atoms with Gasteiger partial charge in [0.05, 0.1) is 30.0 Å². The van der Waals surface area contributed by atoms with Crippen molar-refractivity contribution < 1.29 is 32.7 Å². The van der Waals surface area contributed by atoms with Gasteiger partial charge < -0.3 is 15.7 Å². The molecule has 194 valence electrons. The maximum Gasteiger partial charge on any atom is 0.325 e. The number of anilines is 2. The highest BCUT2D eigenvalue weighted by Crippen LogP contribution is 2.31. The second-order valence-corrected chi connectivity index (χ2v) is 11.8. The first-order valence-corrected chi connectivity index (χ1v) is 14.3. The van der Waals surface area contributed by atoms with Gasteiger partial charge in [-0.05, 0) is 30.5 Å². The van der Waals surface area contributed by atoms with Crippen LogP contribution in [0.1, 0.15) is 47.3 Å². The highest BCUT2D eigenvalue weighted by molar-refractivity contribution is 7.90. The molecule has 13 heteroatoms. The minimum atomic E-state index is -3.20. The smallest absolute Gasteiger partial charge is 0.325 e. The lowest BCUT2D eigenvalue weighted by Gasteiger charge is -2.15. The highest BCUT2D eigenvalue weighted by Gasteiger charge is 2.26. The number of sulfone groups is 1. The summed E-state index contributed by atoms with van der Waals surface area (Å²) in [7, 11) is -3.20. The van der Waals surface area contributed by atoms with Gasteiger partial charge in [0.2, 0.25) is 5.91 Å². The fourth-order valence-corrected chi connectivity index (χ4v) is 5.08. The number of ketones is 1. The van der Waals surface area contributed by atoms with E-state index in [0.717, 1.165) is 43.3 Å². The van der Waals surface area contributed by atoms with Crippen LogP contribution in [0.3, 0.4) is 0 Å². The number of nitrogens with zero attached hydrogens (tertiary/aromatic N) is 1. The molecule has 0 saturated heterocycles. The molecule has 1 heterocycles. The molecule has 3 rings (SSSR count). The molecule has 11 nitrogen and oxygen atoms in total. The molecule has 2 aromatic rings. The van der Waals surface area contributed by atoms with Crippen molar-refractivity contribution in [2.24, 2.45) is 5.92 Å². The Kier molecular flexibility index (Phi) is 9.15. The van der Waals surface area contributed by atoms with E-state index in [-0.39, 0.29) is 53.6 Å². The first-order valence-electron chi connectivity index (χ1n) is 11.4. The zero-order valence-electron chi connectivity index (χ0n) is 19.7. The number of rotatable bonds is 11. The molecular formula is C23H28N4O7S2. The predicted molar refractivity (Wildman–Crippen MR) is 135 cm³/mol. The lowest BCUT2D eigenvalue weighted by molar-refractivity contribution is -0.136. The third-order valence-electron chi connectivity index (χ3n) is 5.59. The number of carbonyl (C=O) groups is 4. The van der Waals surface area contributed by atoms with Crippen molar-refractivity contribution >= 4 is 55.7 Å². The number of amides is 3. The van der Waals surface area contributed by atoms with Crippen molar-refractivity contribution in [3.05, 3.63) is 40.4 Å². The molecule has 0 atom stereocenters. The van der Waals surface area contributed by atoms with Crippen molar-refractivity contribution in [1.29, 1.82) is 0 Å². The molecule has 36 heavy (non-hydrogen) atoms. The van der Waals surface area contributed by atoms with Gasteiger partial charge in [0.1, 0.15) is 9.84 Å². The largest absolute Gasteiger partial charge is 0.481 e. The molecule has 3 amide bonds. The standard InChI is InChI=1S/C23H28N4O7S2/c1-36(33,34)9-8-24-19(28)11-14-6-7-18(17(10-14)21(31)15-4-2-3-5-15)26-22(32)27-23-25-16(13-35-23)12-20(29)30/h6-7,10,13,15H,2-5,8-9,11-12H2,1H3,(H,24,28)(H,29,30)(H2,25,26,27,32). The van der Waals surface area contributed by atoms with Crippen LogP contribution < -0.4 is 16.0 Å². The van der Waals surface area contributed by atoms with Gasteiger partial charge in [-0.1, -0.05) is 18.9 Å². The van der Waals surface area contributed by atoms with Crippen molar-refractivity contribution in [2.45, 2.75) is 38.5 Å². The van der Waals surface area contributed by atoms with Crippen molar-refractivity contribution in [2.75, 3.05) is 29.2 Å². The molecule has 1 aliphatic carbocycles. The number of hydrogen-bond acceptors (Lipinski definition) is 8. The number of urea groups is 1. The normalized spacial score (nSPS) is 13.8. The zero-order chi connectivity index (χ0) is 26.3. The lowest BCUT2D eigenvalue weighted by Crippen LogP contribution is -2.30. The van der Waals surface area contributed by atoms with Crippen LogP contribution in [0.2, 0.25) is 0 Å². The SMILES string of the molecule is CS(=O)(=O)CCNC(=O)Cc1ccc(NC(=O)Nc2nc(CC(=O)O)cs2)c(C(=O)C2CCCC2)c1. The second kappa shape index (κ2) is 12.1. The summed E-state index contributed by atoms with van der Waals surface area (Å²) >= 11 is 1.08. The van der Waals surface area contributed by atoms with Crippen LogP contribution in [0.5, 0.6) is 0 Å². The van der Waals surface area contributed by atoms with E-state index in [1.54, 1.807) is 18.2 Å². The summed E-state index contributed by atoms with van der Waals surface area (Å²) in [5.74, 6) is -1.85. The van der Waals surface area contributed by atoms with Gasteiger partial charge in [-0.2, -0.15) is 0 Å². The summed E-state index contributed by atoms with van der Waals surface area (Å²) in [6, 6.07) is 4.11. The van der Waals surface area contributed by atoms with Crippen LogP contribution in [0.25, 0.3) is 0 Å². The highest BCUT2D eigenvalue weighted by atomic mass is 32.2. The summed E-state index contributed by atoms with van der Waals surface area (Å²) in [4.78, 5) is 52.9. The zero-order valence-corrected chi connectivity index (χ0v) is 21.3. The summed E-state index contributed by atoms with van der Waals surface area (Å²) in [6.45, 7) is -0.00370. The van der Waals surface area contributed by atoms with Gasteiger partial charge in [-0.3, -0.25) is 19.7 Å². The number of carbonyl (C=O) groups excluding carboxylic acids is 3. The number of thiazole rings is 1. The van der Waals surface area contributed by atoms with Crippen LogP contribution in [-0.4, -0.2) is 60.8 Å². The molecule has 1 aromatic carbocycles. The molecule has 4 N–H and O–H groups in total. The van der Waals surface area contributed by atoms with Gasteiger partial charge in [0, 0.05) is 29.7 Å². The minimum absolute atomic E-state index is 0.00370. The van der Waals surface area contributed by atoms with Crippen molar-refractivity contribution in [3.63, 3.8) is 0 Å². The quantitative estimate of drug-likeness (QED) is 0.317. The van der Waals surface area contributed by atoms with E-state index in [4.69, 9.17) is 5.11 Å². The number of hydrogen-bond donors (Lipinski definition) is 4. The maximum absolute atomic E-state index is 13.2. The molecule has 0 spiro atoms. The molecule has 0 radical (unpaired) electrons. The van der Waals surface area contributed by atoms with Gasteiger partial charge in [0.25, 0.3) is 0 Å². The predicted octanol–water partition coefficient (Wildman–Crippen LogP) is 2.49. The first-order chi connectivity index (χ1) is 17.0. The Bertz CT molecular complexity index is 1250. The Hall–Kier alpha value is -3.32. The Morgan fingerprint density at radius 2 is 1.83 bits per heavy atom. The van der Waals surface area contributed by atoms with Crippen LogP contribution in [0, 0.1) is 5.92 Å². The third-order valence-corrected chi connectivity index (χ3v) is 7.34. The van der Waals surface area contributed by atoms with Crippen molar-refractivity contribution in [3.8, 4) is 0 Å². The molecule has 1 fully saturated rings. The maximum atomic E-state index is 13.2. The number of Topliss-reactive ketones (excluding diaryl/α,β-unsaturated/α-hetero) is 1. The number of benzene rings is 1. The molecule has 0 aliphatic heterocycles. The summed E-state index contributed by atoms with van der Waals surface area (Å²) in [6.07, 6.45) is 4.19. The molecule has 1 saturated carbocycles. The van der Waals surface area contributed by atoms with E-state index in [9.17, 15) is 27.6 Å². The van der Waals surface area contributed by atoms with Crippen LogP contribution >= 0.6 is 11.3 Å². The number of carboxylic acids is 1. The Labute approximate surface area is 212 Å². The molecular weight excluding hydrogens is 508 g/mol. The van der Waals surface area contributed by atoms with Crippen LogP contribution in [-0.2, 0) is 32.3 Å². The Morgan fingerprint density at radius 3 is 2.50 bits per heavy atom. The number of carboxylic acid groups (broad SMARTS) is 1. The average Bonchev–Trinajstić information content (AvgIpc) is 3.45. The fraction of sp³-hybridized carbons (Fsp3) is 0.435. The summed E-state index contributed by atoms with van der Waals surface area (Å²) in [5, 5.41) is 18.4. The van der Waals surface area contributed by atoms with Gasteiger partial charge in [0.15, 0.2) is 10.9 Å².